The Morgan fingerprint density at radius 1 is 0.455 bits per heavy atom. The molecule has 0 spiro atoms. The van der Waals surface area contributed by atoms with E-state index in [1.54, 1.807) is 0 Å². The summed E-state index contributed by atoms with van der Waals surface area (Å²) in [5.74, 6) is 11.9. The summed E-state index contributed by atoms with van der Waals surface area (Å²) in [6, 6.07) is 25.4. The van der Waals surface area contributed by atoms with Gasteiger partial charge in [0.15, 0.2) is 16.6 Å². The van der Waals surface area contributed by atoms with E-state index in [1.165, 1.54) is 0 Å². The molecule has 0 fully saturated rings. The predicted octanol–water partition coefficient (Wildman–Crippen LogP) is 15.3. The van der Waals surface area contributed by atoms with Gasteiger partial charge in [0.2, 0.25) is 0 Å². The maximum Gasteiger partial charge on any atom is 2.00 e. The summed E-state index contributed by atoms with van der Waals surface area (Å²) in [6.07, 6.45) is 6.32. The number of hydrogen-bond acceptors (Lipinski definition) is 8. The van der Waals surface area contributed by atoms with Gasteiger partial charge >= 0.3 is 16.8 Å². The Labute approximate surface area is 469 Å². The molecule has 8 bridgehead atoms. The van der Waals surface area contributed by atoms with E-state index in [2.05, 4.69) is 202 Å². The number of fused-ring (bicyclic) bond motifs is 20. The van der Waals surface area contributed by atoms with Crippen LogP contribution >= 0.6 is 0 Å². The SMILES string of the molecule is C#C/C(CO[Si](C)(C)C(C)(C)C)=C(/C#Cc1ccc2c(c1)-c1nc-2nc2[n-]c(nc3nc(nc4[n-]c(n1)c1cc(C(C)(C)C)ccc41)-c1ccc(C(C)(C)C)cc1-3)c1ccc(C(C)(C)C)cc21)CO[Si](C)(C)C(C)(C)C.[Co+2]. The molecule has 5 heterocycles. The maximum absolute atomic E-state index is 6.81. The first-order valence-electron chi connectivity index (χ1n) is 26.5. The molecule has 0 amide bonds. The summed E-state index contributed by atoms with van der Waals surface area (Å²) in [5.41, 5.74) is 10.6. The zero-order valence-electron chi connectivity index (χ0n) is 48.6. The molecule has 0 unspecified atom stereocenters. The molecule has 2 aliphatic rings. The first-order chi connectivity index (χ1) is 35.2. The Bertz CT molecular complexity index is 3830. The van der Waals surface area contributed by atoms with Crippen LogP contribution in [0.25, 0.3) is 89.7 Å². The van der Waals surface area contributed by atoms with Crippen molar-refractivity contribution < 1.29 is 25.6 Å². The summed E-state index contributed by atoms with van der Waals surface area (Å²) >= 11 is 0. The van der Waals surface area contributed by atoms with E-state index in [1.807, 2.05) is 18.2 Å². The van der Waals surface area contributed by atoms with Crippen molar-refractivity contribution in [2.24, 2.45) is 0 Å². The Morgan fingerprint density at radius 3 is 1.23 bits per heavy atom. The van der Waals surface area contributed by atoms with Crippen LogP contribution in [-0.4, -0.2) is 59.8 Å². The molecule has 0 N–H and O–H groups in total. The number of nitrogens with zero attached hydrogens (tertiary/aromatic N) is 8. The molecular weight excluding hydrogens is 1030 g/mol. The molecule has 0 aliphatic carbocycles. The molecule has 0 atom stereocenters. The van der Waals surface area contributed by atoms with Crippen LogP contribution < -0.4 is 9.97 Å². The van der Waals surface area contributed by atoms with Gasteiger partial charge in [-0.2, -0.15) is 0 Å². The van der Waals surface area contributed by atoms with Crippen LogP contribution in [-0.2, 0) is 41.9 Å². The molecule has 9 rings (SSSR count). The average molecular weight is 1100 g/mol. The van der Waals surface area contributed by atoms with Crippen molar-refractivity contribution in [1.29, 1.82) is 0 Å². The van der Waals surface area contributed by atoms with Crippen LogP contribution in [0, 0.1) is 24.2 Å². The first-order valence-corrected chi connectivity index (χ1v) is 32.3. The van der Waals surface area contributed by atoms with Gasteiger partial charge in [0.25, 0.3) is 0 Å². The molecule has 3 aromatic heterocycles. The number of terminal acetylenes is 1. The third-order valence-corrected chi connectivity index (χ3v) is 24.9. The largest absolute Gasteiger partial charge is 2.00 e. The van der Waals surface area contributed by atoms with Gasteiger partial charge in [-0.05, 0) is 121 Å². The van der Waals surface area contributed by atoms with Gasteiger partial charge in [-0.1, -0.05) is 164 Å². The first kappa shape index (κ1) is 57.1. The molecule has 13 heteroatoms. The van der Waals surface area contributed by atoms with Crippen LogP contribution in [0.2, 0.25) is 36.3 Å². The third kappa shape index (κ3) is 11.3. The summed E-state index contributed by atoms with van der Waals surface area (Å²) in [6.45, 7) is 42.8. The minimum absolute atomic E-state index is 0. The van der Waals surface area contributed by atoms with Crippen LogP contribution in [0.1, 0.15) is 126 Å². The fraction of sp³-hybridized carbons (Fsp3) is 0.406. The van der Waals surface area contributed by atoms with Gasteiger partial charge in [-0.15, -0.1) is 6.42 Å². The second kappa shape index (κ2) is 20.0. The van der Waals surface area contributed by atoms with Crippen LogP contribution in [0.3, 0.4) is 0 Å². The van der Waals surface area contributed by atoms with Gasteiger partial charge in [0, 0.05) is 61.6 Å². The molecular formula is C64H74CoN8O2Si2. The topological polar surface area (TPSA) is 124 Å². The third-order valence-electron chi connectivity index (χ3n) is 16.0. The van der Waals surface area contributed by atoms with E-state index in [9.17, 15) is 0 Å². The number of aromatic nitrogens is 8. The van der Waals surface area contributed by atoms with Gasteiger partial charge in [0.05, 0.1) is 36.5 Å². The molecule has 7 aromatic rings. The molecule has 0 saturated carbocycles. The summed E-state index contributed by atoms with van der Waals surface area (Å²) in [4.78, 5) is 42.2. The van der Waals surface area contributed by atoms with Crippen molar-refractivity contribution >= 4 is 60.8 Å². The zero-order valence-corrected chi connectivity index (χ0v) is 51.7. The fourth-order valence-corrected chi connectivity index (χ4v) is 10.5. The Kier molecular flexibility index (Phi) is 14.8. The van der Waals surface area contributed by atoms with Crippen LogP contribution in [0.4, 0.5) is 0 Å². The fourth-order valence-electron chi connectivity index (χ4n) is 8.64. The summed E-state index contributed by atoms with van der Waals surface area (Å²) in [5, 5.41) is 3.44. The Balaban J connectivity index is 0.00000784. The number of rotatable bonds is 6. The van der Waals surface area contributed by atoms with E-state index in [-0.39, 0.29) is 56.3 Å². The smallest absolute Gasteiger partial charge is 0.412 e. The molecule has 399 valence electrons. The molecule has 2 aliphatic heterocycles. The van der Waals surface area contributed by atoms with Gasteiger partial charge in [-0.25, -0.2) is 9.97 Å². The van der Waals surface area contributed by atoms with E-state index >= 15 is 0 Å². The number of hydrogen-bond donors (Lipinski definition) is 0. The number of benzene rings is 4. The van der Waals surface area contributed by atoms with Crippen molar-refractivity contribution in [1.82, 2.24) is 39.9 Å². The monoisotopic (exact) mass is 1100 g/mol. The summed E-state index contributed by atoms with van der Waals surface area (Å²) < 4.78 is 13.5. The van der Waals surface area contributed by atoms with Crippen molar-refractivity contribution in [3.05, 3.63) is 106 Å². The van der Waals surface area contributed by atoms with Crippen LogP contribution in [0.15, 0.2) is 83.9 Å². The Morgan fingerprint density at radius 2 is 0.818 bits per heavy atom. The van der Waals surface area contributed by atoms with Gasteiger partial charge in [-0.3, -0.25) is 0 Å². The summed E-state index contributed by atoms with van der Waals surface area (Å²) in [7, 11) is -4.34. The average Bonchev–Trinajstić information content (AvgIpc) is 4.11. The van der Waals surface area contributed by atoms with Crippen molar-refractivity contribution in [2.45, 2.75) is 156 Å². The van der Waals surface area contributed by atoms with Crippen molar-refractivity contribution in [2.75, 3.05) is 13.2 Å². The molecule has 10 nitrogen and oxygen atoms in total. The van der Waals surface area contributed by atoms with Crippen molar-refractivity contribution in [3.63, 3.8) is 0 Å². The van der Waals surface area contributed by atoms with Gasteiger partial charge in [0.1, 0.15) is 0 Å². The minimum Gasteiger partial charge on any atom is -0.412 e. The van der Waals surface area contributed by atoms with E-state index in [4.69, 9.17) is 55.1 Å². The minimum atomic E-state index is -2.19. The van der Waals surface area contributed by atoms with Crippen molar-refractivity contribution in [3.8, 4) is 69.7 Å². The maximum atomic E-state index is 6.81. The molecule has 77 heavy (non-hydrogen) atoms. The molecule has 0 saturated heterocycles. The second-order valence-corrected chi connectivity index (χ2v) is 36.3. The molecule has 4 aromatic carbocycles. The second-order valence-electron chi connectivity index (χ2n) is 26.7. The normalized spacial score (nSPS) is 13.6. The quantitative estimate of drug-likeness (QED) is 0.117. The van der Waals surface area contributed by atoms with E-state index < -0.39 is 16.6 Å². The van der Waals surface area contributed by atoms with Crippen LogP contribution in [0.5, 0.6) is 0 Å². The predicted molar refractivity (Wildman–Crippen MR) is 319 cm³/mol. The van der Waals surface area contributed by atoms with E-state index in [0.717, 1.165) is 71.6 Å². The zero-order chi connectivity index (χ0) is 55.3. The molecule has 1 radical (unpaired) electrons. The Hall–Kier alpha value is -6.04. The van der Waals surface area contributed by atoms with Gasteiger partial charge < -0.3 is 38.8 Å². The standard InChI is InChI=1S/C64H74N8O2Si2.Co/c1-21-39(36-73-75(17,18)63(11,12)13)40(37-74-76(19,20)64(14,15)16)24-22-38-23-28-44-48(32-38)56-66-52(44)67-57-50-34-42(61(5,6)7)27-31-47(50)55(70-57)71-58-49-33-41(60(2,3)4)25-29-45(49)53(68-58)65-54-46-30-26-43(62(8,9)10)35-51(46)59(69-54)72-56;/h1,23,25-35H,36-37H2,2-20H3;/q-2;+2/b40-39+;. The van der Waals surface area contributed by atoms with E-state index in [0.29, 0.717) is 51.5 Å².